The van der Waals surface area contributed by atoms with Crippen LogP contribution in [-0.2, 0) is 28.1 Å². The SMILES string of the molecule is Cc1cc(C)c(-c2[c-]c3c(cc2)-c2ccc(-c4c(C)cc(C)cc4C)cc2C3)c(C)c1.[Ti]. The van der Waals surface area contributed by atoms with E-state index in [9.17, 15) is 0 Å². The van der Waals surface area contributed by atoms with Crippen molar-refractivity contribution in [1.29, 1.82) is 0 Å². The van der Waals surface area contributed by atoms with Gasteiger partial charge in [0.05, 0.1) is 0 Å². The topological polar surface area (TPSA) is 0 Å². The molecule has 1 aliphatic rings. The van der Waals surface area contributed by atoms with Crippen molar-refractivity contribution < 1.29 is 21.7 Å². The Balaban J connectivity index is 0.00000245. The predicted molar refractivity (Wildman–Crippen MR) is 133 cm³/mol. The fourth-order valence-electron chi connectivity index (χ4n) is 5.67. The zero-order valence-electron chi connectivity index (χ0n) is 19.9. The summed E-state index contributed by atoms with van der Waals surface area (Å²) in [4.78, 5) is 0. The normalized spacial score (nSPS) is 11.7. The minimum absolute atomic E-state index is 0. The Labute approximate surface area is 207 Å². The smallest absolute Gasteiger partial charge is 0 e. The molecule has 0 saturated heterocycles. The van der Waals surface area contributed by atoms with E-state index in [-0.39, 0.29) is 21.7 Å². The van der Waals surface area contributed by atoms with E-state index in [1.54, 1.807) is 0 Å². The Kier molecular flexibility index (Phi) is 6.05. The van der Waals surface area contributed by atoms with Crippen molar-refractivity contribution in [3.05, 3.63) is 105 Å². The third-order valence-corrected chi connectivity index (χ3v) is 6.70. The third kappa shape index (κ3) is 3.81. The van der Waals surface area contributed by atoms with E-state index in [1.165, 1.54) is 77.9 Å². The average molecular weight is 449 g/mol. The van der Waals surface area contributed by atoms with E-state index in [2.05, 4.69) is 102 Å². The van der Waals surface area contributed by atoms with Crippen molar-refractivity contribution in [1.82, 2.24) is 0 Å². The number of benzene rings is 4. The van der Waals surface area contributed by atoms with Crippen molar-refractivity contribution >= 4 is 0 Å². The van der Waals surface area contributed by atoms with E-state index in [1.807, 2.05) is 0 Å². The number of aryl methyl sites for hydroxylation is 6. The summed E-state index contributed by atoms with van der Waals surface area (Å²) in [7, 11) is 0. The van der Waals surface area contributed by atoms with Crippen LogP contribution in [0, 0.1) is 47.6 Å². The number of hydrogen-bond acceptors (Lipinski definition) is 0. The summed E-state index contributed by atoms with van der Waals surface area (Å²) in [6.45, 7) is 13.2. The van der Waals surface area contributed by atoms with Crippen LogP contribution in [0.1, 0.15) is 44.5 Å². The molecule has 0 nitrogen and oxygen atoms in total. The number of rotatable bonds is 2. The van der Waals surface area contributed by atoms with Gasteiger partial charge in [0.2, 0.25) is 0 Å². The van der Waals surface area contributed by atoms with Gasteiger partial charge in [-0.1, -0.05) is 81.4 Å². The molecule has 4 aromatic carbocycles. The van der Waals surface area contributed by atoms with E-state index in [0.717, 1.165) is 6.42 Å². The van der Waals surface area contributed by atoms with Crippen LogP contribution in [0.4, 0.5) is 0 Å². The molecule has 0 saturated carbocycles. The van der Waals surface area contributed by atoms with Crippen LogP contribution in [0.3, 0.4) is 0 Å². The van der Waals surface area contributed by atoms with Crippen molar-refractivity contribution in [2.75, 3.05) is 0 Å². The minimum atomic E-state index is 0. The Morgan fingerprint density at radius 1 is 0.594 bits per heavy atom. The Morgan fingerprint density at radius 2 is 1.12 bits per heavy atom. The molecule has 0 radical (unpaired) electrons. The van der Waals surface area contributed by atoms with Crippen LogP contribution in [0.15, 0.2) is 54.6 Å². The van der Waals surface area contributed by atoms with Gasteiger partial charge in [0.25, 0.3) is 0 Å². The van der Waals surface area contributed by atoms with Crippen LogP contribution < -0.4 is 0 Å². The predicted octanol–water partition coefficient (Wildman–Crippen LogP) is 8.24. The Bertz CT molecular complexity index is 1210. The first kappa shape index (κ1) is 22.8. The summed E-state index contributed by atoms with van der Waals surface area (Å²) in [5.74, 6) is 0. The first-order valence-corrected chi connectivity index (χ1v) is 11.2. The third-order valence-electron chi connectivity index (χ3n) is 6.70. The minimum Gasteiger partial charge on any atom is -0.143 e. The zero-order chi connectivity index (χ0) is 21.9. The first-order chi connectivity index (χ1) is 14.8. The number of fused-ring (bicyclic) bond motifs is 3. The van der Waals surface area contributed by atoms with Gasteiger partial charge in [-0.25, -0.2) is 0 Å². The second-order valence-corrected chi connectivity index (χ2v) is 9.36. The summed E-state index contributed by atoms with van der Waals surface area (Å²) in [6.07, 6.45) is 0.959. The van der Waals surface area contributed by atoms with Gasteiger partial charge in [0.1, 0.15) is 0 Å². The summed E-state index contributed by atoms with van der Waals surface area (Å²) in [5, 5.41) is 0. The standard InChI is InChI=1S/C31H29.Ti/c1-18-11-20(3)30(21(4)12-18)24-7-9-28-26(15-24)17-27-16-25(8-10-29(27)28)31-22(5)13-19(2)14-23(31)6;/h7-15H,17H2,1-6H3;/q-1;. The quantitative estimate of drug-likeness (QED) is 0.188. The monoisotopic (exact) mass is 449 g/mol. The molecule has 5 rings (SSSR count). The van der Waals surface area contributed by atoms with Gasteiger partial charge >= 0.3 is 0 Å². The zero-order valence-corrected chi connectivity index (χ0v) is 21.5. The number of hydrogen-bond donors (Lipinski definition) is 0. The van der Waals surface area contributed by atoms with Crippen LogP contribution in [0.2, 0.25) is 0 Å². The van der Waals surface area contributed by atoms with Gasteiger partial charge in [0, 0.05) is 21.7 Å². The van der Waals surface area contributed by atoms with Crippen LogP contribution in [0.25, 0.3) is 33.4 Å². The van der Waals surface area contributed by atoms with Gasteiger partial charge in [0.15, 0.2) is 0 Å². The molecule has 0 bridgehead atoms. The van der Waals surface area contributed by atoms with Gasteiger partial charge in [-0.05, 0) is 75.8 Å². The Hall–Kier alpha value is -2.41. The van der Waals surface area contributed by atoms with E-state index in [0.29, 0.717) is 0 Å². The molecule has 0 N–H and O–H groups in total. The van der Waals surface area contributed by atoms with Crippen LogP contribution in [0.5, 0.6) is 0 Å². The van der Waals surface area contributed by atoms with Crippen molar-refractivity contribution in [2.45, 2.75) is 48.0 Å². The second-order valence-electron chi connectivity index (χ2n) is 9.36. The molecule has 0 heterocycles. The molecule has 32 heavy (non-hydrogen) atoms. The summed E-state index contributed by atoms with van der Waals surface area (Å²) in [5.41, 5.74) is 18.7. The maximum absolute atomic E-state index is 3.78. The molecule has 0 unspecified atom stereocenters. The molecule has 0 atom stereocenters. The molecular formula is C31H29Ti-. The molecule has 0 spiro atoms. The largest absolute Gasteiger partial charge is 0.143 e. The molecule has 1 aliphatic carbocycles. The molecule has 0 amide bonds. The van der Waals surface area contributed by atoms with Crippen LogP contribution in [-0.4, -0.2) is 0 Å². The van der Waals surface area contributed by atoms with Crippen molar-refractivity contribution in [3.63, 3.8) is 0 Å². The Morgan fingerprint density at radius 3 is 1.72 bits per heavy atom. The molecule has 158 valence electrons. The first-order valence-electron chi connectivity index (χ1n) is 11.2. The molecule has 0 aromatic heterocycles. The fraction of sp³-hybridized carbons (Fsp3) is 0.226. The van der Waals surface area contributed by atoms with Crippen molar-refractivity contribution in [2.24, 2.45) is 0 Å². The average Bonchev–Trinajstić information content (AvgIpc) is 3.03. The summed E-state index contributed by atoms with van der Waals surface area (Å²) in [6, 6.07) is 24.5. The molecule has 0 aliphatic heterocycles. The van der Waals surface area contributed by atoms with Crippen LogP contribution >= 0.6 is 0 Å². The second kappa shape index (κ2) is 8.51. The van der Waals surface area contributed by atoms with Gasteiger partial charge in [-0.3, -0.25) is 0 Å². The van der Waals surface area contributed by atoms with Gasteiger partial charge in [-0.2, -0.15) is 0 Å². The molecule has 0 fully saturated rings. The van der Waals surface area contributed by atoms with Gasteiger partial charge < -0.3 is 0 Å². The van der Waals surface area contributed by atoms with E-state index < -0.39 is 0 Å². The van der Waals surface area contributed by atoms with Crippen molar-refractivity contribution in [3.8, 4) is 33.4 Å². The van der Waals surface area contributed by atoms with Gasteiger partial charge in [-0.15, -0.1) is 29.3 Å². The fourth-order valence-corrected chi connectivity index (χ4v) is 5.67. The summed E-state index contributed by atoms with van der Waals surface area (Å²) < 4.78 is 0. The summed E-state index contributed by atoms with van der Waals surface area (Å²) >= 11 is 0. The van der Waals surface area contributed by atoms with E-state index >= 15 is 0 Å². The molecular weight excluding hydrogens is 420 g/mol. The maximum atomic E-state index is 3.78. The van der Waals surface area contributed by atoms with E-state index in [4.69, 9.17) is 0 Å². The maximum Gasteiger partial charge on any atom is 0 e. The molecule has 1 heteroatoms. The molecule has 4 aromatic rings.